The maximum Gasteiger partial charge on any atom is 0.0519 e. The molecule has 0 spiro atoms. The third kappa shape index (κ3) is 3.76. The van der Waals surface area contributed by atoms with Crippen molar-refractivity contribution in [3.05, 3.63) is 0 Å². The summed E-state index contributed by atoms with van der Waals surface area (Å²) >= 11 is 11.4. The summed E-state index contributed by atoms with van der Waals surface area (Å²) in [5, 5.41) is 0.396. The van der Waals surface area contributed by atoms with E-state index in [2.05, 4.69) is 13.1 Å². The molecule has 0 aliphatic carbocycles. The van der Waals surface area contributed by atoms with Crippen molar-refractivity contribution in [2.75, 3.05) is 5.88 Å². The van der Waals surface area contributed by atoms with Crippen LogP contribution in [0.15, 0.2) is 0 Å². The zero-order chi connectivity index (χ0) is 6.57. The van der Waals surface area contributed by atoms with Crippen LogP contribution in [0.1, 0.15) is 6.42 Å². The summed E-state index contributed by atoms with van der Waals surface area (Å²) in [6.45, 7) is 4.48. The van der Waals surface area contributed by atoms with Gasteiger partial charge in [-0.1, -0.05) is 13.1 Å². The zero-order valence-corrected chi connectivity index (χ0v) is 7.99. The van der Waals surface area contributed by atoms with Crippen LogP contribution in [0.4, 0.5) is 0 Å². The fraction of sp³-hybridized carbons (Fsp3) is 1.00. The van der Waals surface area contributed by atoms with Gasteiger partial charge in [0.05, 0.1) is 8.80 Å². The third-order valence-electron chi connectivity index (χ3n) is 1.11. The van der Waals surface area contributed by atoms with E-state index in [9.17, 15) is 0 Å². The molecule has 0 saturated heterocycles. The Bertz CT molecular complexity index is 56.4. The molecule has 0 aliphatic heterocycles. The van der Waals surface area contributed by atoms with E-state index in [1.165, 1.54) is 0 Å². The van der Waals surface area contributed by atoms with Gasteiger partial charge < -0.3 is 0 Å². The lowest BCUT2D eigenvalue weighted by atomic mass is 10.6. The topological polar surface area (TPSA) is 0 Å². The average Bonchev–Trinajstić information content (AvgIpc) is 1.67. The molecule has 3 heteroatoms. The first kappa shape index (κ1) is 8.80. The minimum absolute atomic E-state index is 0.396. The maximum atomic E-state index is 5.89. The van der Waals surface area contributed by atoms with E-state index in [0.717, 1.165) is 6.42 Å². The molecule has 0 rings (SSSR count). The highest BCUT2D eigenvalue weighted by molar-refractivity contribution is 6.67. The molecule has 1 atom stereocenters. The number of hydrogen-bond acceptors (Lipinski definition) is 0. The van der Waals surface area contributed by atoms with Crippen molar-refractivity contribution in [2.45, 2.75) is 24.5 Å². The van der Waals surface area contributed by atoms with Gasteiger partial charge in [-0.25, -0.2) is 0 Å². The van der Waals surface area contributed by atoms with Crippen LogP contribution in [-0.4, -0.2) is 19.7 Å². The first-order chi connectivity index (χ1) is 3.68. The van der Waals surface area contributed by atoms with Crippen molar-refractivity contribution < 1.29 is 0 Å². The van der Waals surface area contributed by atoms with Gasteiger partial charge in [0.1, 0.15) is 0 Å². The largest absolute Gasteiger partial charge is 0.127 e. The van der Waals surface area contributed by atoms with Crippen LogP contribution >= 0.6 is 23.2 Å². The quantitative estimate of drug-likeness (QED) is 0.451. The molecule has 0 radical (unpaired) electrons. The van der Waals surface area contributed by atoms with Gasteiger partial charge in [-0.15, -0.1) is 23.2 Å². The Hall–Kier alpha value is 0.797. The van der Waals surface area contributed by atoms with Crippen LogP contribution in [-0.2, 0) is 0 Å². The highest BCUT2D eigenvalue weighted by Gasteiger charge is 2.08. The van der Waals surface area contributed by atoms with E-state index >= 15 is 0 Å². The van der Waals surface area contributed by atoms with E-state index in [4.69, 9.17) is 23.2 Å². The molecule has 0 N–H and O–H groups in total. The van der Waals surface area contributed by atoms with Gasteiger partial charge in [0.15, 0.2) is 0 Å². The molecule has 0 nitrogen and oxygen atoms in total. The smallest absolute Gasteiger partial charge is 0.0519 e. The second kappa shape index (κ2) is 4.65. The number of alkyl halides is 2. The molecular weight excluding hydrogens is 159 g/mol. The Morgan fingerprint density at radius 2 is 2.00 bits per heavy atom. The molecule has 0 heterocycles. The van der Waals surface area contributed by atoms with Crippen LogP contribution < -0.4 is 0 Å². The molecule has 8 heavy (non-hydrogen) atoms. The summed E-state index contributed by atoms with van der Waals surface area (Å²) < 4.78 is 0. The molecular formula is C5H12Cl2Si. The van der Waals surface area contributed by atoms with Crippen LogP contribution in [0.3, 0.4) is 0 Å². The lowest BCUT2D eigenvalue weighted by Crippen LogP contribution is -2.18. The van der Waals surface area contributed by atoms with Gasteiger partial charge >= 0.3 is 0 Å². The molecule has 0 aromatic carbocycles. The van der Waals surface area contributed by atoms with E-state index in [-0.39, 0.29) is 0 Å². The fourth-order valence-electron chi connectivity index (χ4n) is 0.438. The van der Waals surface area contributed by atoms with Crippen LogP contribution in [0.25, 0.3) is 0 Å². The summed E-state index contributed by atoms with van der Waals surface area (Å²) in [6, 6.07) is 0. The van der Waals surface area contributed by atoms with Crippen molar-refractivity contribution in [1.82, 2.24) is 0 Å². The van der Waals surface area contributed by atoms with E-state index in [1.807, 2.05) is 0 Å². The van der Waals surface area contributed by atoms with Gasteiger partial charge in [0.2, 0.25) is 0 Å². The van der Waals surface area contributed by atoms with Crippen molar-refractivity contribution >= 4 is 32.0 Å². The number of halogens is 2. The van der Waals surface area contributed by atoms with E-state index in [0.29, 0.717) is 10.9 Å². The van der Waals surface area contributed by atoms with Gasteiger partial charge in [-0.3, -0.25) is 0 Å². The van der Waals surface area contributed by atoms with Crippen LogP contribution in [0, 0.1) is 0 Å². The Morgan fingerprint density at radius 3 is 2.12 bits per heavy atom. The molecule has 0 aromatic heterocycles. The number of hydrogen-bond donors (Lipinski definition) is 0. The van der Waals surface area contributed by atoms with Gasteiger partial charge in [-0.2, -0.15) is 0 Å². The van der Waals surface area contributed by atoms with Crippen molar-refractivity contribution in [3.63, 3.8) is 0 Å². The molecule has 0 amide bonds. The first-order valence-electron chi connectivity index (χ1n) is 2.88. The van der Waals surface area contributed by atoms with E-state index < -0.39 is 8.80 Å². The second-order valence-electron chi connectivity index (χ2n) is 2.24. The normalized spacial score (nSPS) is 14.6. The highest BCUT2D eigenvalue weighted by atomic mass is 35.5. The highest BCUT2D eigenvalue weighted by Crippen LogP contribution is 2.06. The molecule has 1 unspecified atom stereocenters. The zero-order valence-electron chi connectivity index (χ0n) is 5.32. The average molecular weight is 171 g/mol. The Balaban J connectivity index is 3.17. The molecule has 50 valence electrons. The minimum Gasteiger partial charge on any atom is -0.127 e. The summed E-state index contributed by atoms with van der Waals surface area (Å²) in [5.41, 5.74) is 0. The lowest BCUT2D eigenvalue weighted by Gasteiger charge is -2.08. The molecule has 0 bridgehead atoms. The third-order valence-corrected chi connectivity index (χ3v) is 4.84. The second-order valence-corrected chi connectivity index (χ2v) is 6.89. The Labute approximate surface area is 62.8 Å². The summed E-state index contributed by atoms with van der Waals surface area (Å²) in [6.07, 6.45) is 0.979. The predicted octanol–water partition coefficient (Wildman–Crippen LogP) is 2.25. The molecule has 0 fully saturated rings. The summed E-state index contributed by atoms with van der Waals surface area (Å²) in [5.74, 6) is 0.708. The molecule has 0 saturated carbocycles. The summed E-state index contributed by atoms with van der Waals surface area (Å²) in [7, 11) is -0.601. The van der Waals surface area contributed by atoms with Crippen molar-refractivity contribution in [2.24, 2.45) is 0 Å². The number of rotatable bonds is 3. The van der Waals surface area contributed by atoms with Gasteiger partial charge in [0, 0.05) is 10.9 Å². The minimum atomic E-state index is -0.601. The lowest BCUT2D eigenvalue weighted by molar-refractivity contribution is 1.02. The SMILES string of the molecule is C[SiH](C)C(Cl)CCCl. The standard InChI is InChI=1S/C5H12Cl2Si/c1-8(2)5(7)3-4-6/h5,8H,3-4H2,1-2H3. The fourth-order valence-corrected chi connectivity index (χ4v) is 1.94. The van der Waals surface area contributed by atoms with Gasteiger partial charge in [0.25, 0.3) is 0 Å². The molecule has 0 aromatic rings. The maximum absolute atomic E-state index is 5.89. The monoisotopic (exact) mass is 170 g/mol. The Kier molecular flexibility index (Phi) is 5.12. The van der Waals surface area contributed by atoms with E-state index in [1.54, 1.807) is 0 Å². The van der Waals surface area contributed by atoms with Crippen LogP contribution in [0.2, 0.25) is 13.1 Å². The first-order valence-corrected chi connectivity index (χ1v) is 6.83. The van der Waals surface area contributed by atoms with Crippen LogP contribution in [0.5, 0.6) is 0 Å². The van der Waals surface area contributed by atoms with Crippen molar-refractivity contribution in [1.29, 1.82) is 0 Å². The van der Waals surface area contributed by atoms with Crippen molar-refractivity contribution in [3.8, 4) is 0 Å². The molecule has 0 aliphatic rings. The predicted molar refractivity (Wildman–Crippen MR) is 43.9 cm³/mol. The Morgan fingerprint density at radius 1 is 1.50 bits per heavy atom. The summed E-state index contributed by atoms with van der Waals surface area (Å²) in [4.78, 5) is 0. The van der Waals surface area contributed by atoms with Gasteiger partial charge in [-0.05, 0) is 6.42 Å².